The normalized spacial score (nSPS) is 14.3. The average Bonchev–Trinajstić information content (AvgIpc) is 2.31. The molecule has 5 heteroatoms. The van der Waals surface area contributed by atoms with E-state index in [0.717, 1.165) is 18.4 Å². The number of anilines is 2. The zero-order valence-electron chi connectivity index (χ0n) is 11.6. The number of carbonyl (C=O) groups excluding carboxylic acids is 1. The summed E-state index contributed by atoms with van der Waals surface area (Å²) in [7, 11) is 0. The molecule has 1 aliphatic rings. The summed E-state index contributed by atoms with van der Waals surface area (Å²) in [6, 6.07) is 3.52. The summed E-state index contributed by atoms with van der Waals surface area (Å²) in [5.41, 5.74) is 7.66. The third kappa shape index (κ3) is 3.30. The maximum absolute atomic E-state index is 11.8. The summed E-state index contributed by atoms with van der Waals surface area (Å²) >= 11 is 0. The smallest absolute Gasteiger partial charge is 0.412 e. The summed E-state index contributed by atoms with van der Waals surface area (Å²) in [4.78, 5) is 11.8. The molecule has 0 spiro atoms. The van der Waals surface area contributed by atoms with E-state index in [2.05, 4.69) is 5.32 Å². The van der Waals surface area contributed by atoms with Crippen LogP contribution in [0.1, 0.15) is 32.8 Å². The van der Waals surface area contributed by atoms with Gasteiger partial charge in [-0.25, -0.2) is 4.79 Å². The molecule has 0 saturated heterocycles. The topological polar surface area (TPSA) is 73.6 Å². The lowest BCUT2D eigenvalue weighted by Crippen LogP contribution is -2.27. The first-order valence-electron chi connectivity index (χ1n) is 6.41. The molecule has 19 heavy (non-hydrogen) atoms. The maximum Gasteiger partial charge on any atom is 0.412 e. The van der Waals surface area contributed by atoms with Crippen LogP contribution in [-0.2, 0) is 11.2 Å². The Hall–Kier alpha value is -1.91. The molecule has 3 N–H and O–H groups in total. The Labute approximate surface area is 113 Å². The molecule has 5 nitrogen and oxygen atoms in total. The Morgan fingerprint density at radius 3 is 2.84 bits per heavy atom. The fourth-order valence-corrected chi connectivity index (χ4v) is 2.00. The van der Waals surface area contributed by atoms with E-state index < -0.39 is 11.7 Å². The molecule has 0 bridgehead atoms. The van der Waals surface area contributed by atoms with Gasteiger partial charge in [0.15, 0.2) is 0 Å². The van der Waals surface area contributed by atoms with Gasteiger partial charge in [0.25, 0.3) is 0 Å². The van der Waals surface area contributed by atoms with Gasteiger partial charge in [-0.15, -0.1) is 0 Å². The van der Waals surface area contributed by atoms with E-state index in [9.17, 15) is 4.79 Å². The van der Waals surface area contributed by atoms with Crippen molar-refractivity contribution in [3.8, 4) is 5.75 Å². The highest BCUT2D eigenvalue weighted by Crippen LogP contribution is 2.36. The van der Waals surface area contributed by atoms with Crippen LogP contribution in [0.5, 0.6) is 5.75 Å². The molecule has 1 aliphatic heterocycles. The number of nitrogens with two attached hydrogens (primary N) is 1. The second-order valence-corrected chi connectivity index (χ2v) is 5.59. The summed E-state index contributed by atoms with van der Waals surface area (Å²) in [6.45, 7) is 6.10. The van der Waals surface area contributed by atoms with Gasteiger partial charge >= 0.3 is 6.09 Å². The summed E-state index contributed by atoms with van der Waals surface area (Å²) < 4.78 is 10.8. The van der Waals surface area contributed by atoms with Crippen LogP contribution in [0.3, 0.4) is 0 Å². The summed E-state index contributed by atoms with van der Waals surface area (Å²) in [6.07, 6.45) is 1.31. The van der Waals surface area contributed by atoms with Gasteiger partial charge in [0.1, 0.15) is 11.4 Å². The first-order valence-corrected chi connectivity index (χ1v) is 6.41. The number of hydrogen-bond acceptors (Lipinski definition) is 4. The van der Waals surface area contributed by atoms with Crippen molar-refractivity contribution in [3.63, 3.8) is 0 Å². The number of carbonyl (C=O) groups is 1. The van der Waals surface area contributed by atoms with Crippen molar-refractivity contribution >= 4 is 17.5 Å². The van der Waals surface area contributed by atoms with E-state index in [1.165, 1.54) is 0 Å². The maximum atomic E-state index is 11.8. The number of amides is 1. The van der Waals surface area contributed by atoms with E-state index in [1.54, 1.807) is 12.1 Å². The SMILES string of the molecule is CC(C)(C)OC(=O)Nc1ccc(N)c2c1OCCC2. The number of fused-ring (bicyclic) bond motifs is 1. The van der Waals surface area contributed by atoms with Gasteiger partial charge in [0.05, 0.1) is 12.3 Å². The zero-order chi connectivity index (χ0) is 14.0. The predicted octanol–water partition coefficient (Wildman–Crippen LogP) is 2.94. The van der Waals surface area contributed by atoms with Gasteiger partial charge in [-0.05, 0) is 45.7 Å². The van der Waals surface area contributed by atoms with Crippen molar-refractivity contribution in [2.75, 3.05) is 17.7 Å². The molecule has 0 aromatic heterocycles. The van der Waals surface area contributed by atoms with Crippen molar-refractivity contribution in [1.29, 1.82) is 0 Å². The molecule has 1 amide bonds. The highest BCUT2D eigenvalue weighted by atomic mass is 16.6. The zero-order valence-corrected chi connectivity index (χ0v) is 11.6. The first kappa shape index (κ1) is 13.5. The second-order valence-electron chi connectivity index (χ2n) is 5.59. The molecule has 1 aromatic rings. The molecule has 104 valence electrons. The minimum absolute atomic E-state index is 0.492. The highest BCUT2D eigenvalue weighted by molar-refractivity contribution is 5.88. The predicted molar refractivity (Wildman–Crippen MR) is 74.5 cm³/mol. The molecule has 0 saturated carbocycles. The van der Waals surface area contributed by atoms with Crippen molar-refractivity contribution in [2.45, 2.75) is 39.2 Å². The van der Waals surface area contributed by atoms with Crippen LogP contribution in [0.15, 0.2) is 12.1 Å². The van der Waals surface area contributed by atoms with Crippen LogP contribution in [0.2, 0.25) is 0 Å². The average molecular weight is 264 g/mol. The standard InChI is InChI=1S/C14H20N2O3/c1-14(2,3)19-13(17)16-11-7-6-10(15)9-5-4-8-18-12(9)11/h6-7H,4-5,8,15H2,1-3H3,(H,16,17). The Balaban J connectivity index is 2.19. The number of nitrogen functional groups attached to an aromatic ring is 1. The third-order valence-corrected chi connectivity index (χ3v) is 2.75. The van der Waals surface area contributed by atoms with Crippen LogP contribution in [0.4, 0.5) is 16.2 Å². The van der Waals surface area contributed by atoms with Gasteiger partial charge in [-0.3, -0.25) is 5.32 Å². The fraction of sp³-hybridized carbons (Fsp3) is 0.500. The molecular formula is C14H20N2O3. The van der Waals surface area contributed by atoms with E-state index >= 15 is 0 Å². The monoisotopic (exact) mass is 264 g/mol. The number of rotatable bonds is 1. The summed E-state index contributed by atoms with van der Waals surface area (Å²) in [5.74, 6) is 0.664. The van der Waals surface area contributed by atoms with E-state index in [4.69, 9.17) is 15.2 Å². The lowest BCUT2D eigenvalue weighted by molar-refractivity contribution is 0.0635. The largest absolute Gasteiger partial charge is 0.491 e. The quantitative estimate of drug-likeness (QED) is 0.765. The van der Waals surface area contributed by atoms with Crippen molar-refractivity contribution in [1.82, 2.24) is 0 Å². The number of hydrogen-bond donors (Lipinski definition) is 2. The van der Waals surface area contributed by atoms with Gasteiger partial charge in [-0.2, -0.15) is 0 Å². The van der Waals surface area contributed by atoms with Gasteiger partial charge in [-0.1, -0.05) is 0 Å². The van der Waals surface area contributed by atoms with Crippen molar-refractivity contribution in [2.24, 2.45) is 0 Å². The van der Waals surface area contributed by atoms with Crippen LogP contribution >= 0.6 is 0 Å². The van der Waals surface area contributed by atoms with Gasteiger partial charge in [0.2, 0.25) is 0 Å². The second kappa shape index (κ2) is 4.99. The number of benzene rings is 1. The third-order valence-electron chi connectivity index (χ3n) is 2.75. The molecule has 0 unspecified atom stereocenters. The Bertz CT molecular complexity index is 492. The molecule has 1 heterocycles. The lowest BCUT2D eigenvalue weighted by Gasteiger charge is -2.24. The molecule has 0 aliphatic carbocycles. The van der Waals surface area contributed by atoms with Gasteiger partial charge < -0.3 is 15.2 Å². The molecular weight excluding hydrogens is 244 g/mol. The van der Waals surface area contributed by atoms with Crippen LogP contribution in [0.25, 0.3) is 0 Å². The van der Waals surface area contributed by atoms with Crippen LogP contribution < -0.4 is 15.8 Å². The fourth-order valence-electron chi connectivity index (χ4n) is 2.00. The Morgan fingerprint density at radius 2 is 2.16 bits per heavy atom. The lowest BCUT2D eigenvalue weighted by atomic mass is 10.0. The molecule has 0 radical (unpaired) electrons. The first-order chi connectivity index (χ1) is 8.87. The van der Waals surface area contributed by atoms with Crippen LogP contribution in [-0.4, -0.2) is 18.3 Å². The van der Waals surface area contributed by atoms with E-state index in [1.807, 2.05) is 20.8 Å². The van der Waals surface area contributed by atoms with E-state index in [-0.39, 0.29) is 0 Å². The number of ether oxygens (including phenoxy) is 2. The Morgan fingerprint density at radius 1 is 1.42 bits per heavy atom. The molecule has 0 fully saturated rings. The van der Waals surface area contributed by atoms with E-state index in [0.29, 0.717) is 23.7 Å². The molecule has 1 aromatic carbocycles. The summed E-state index contributed by atoms with van der Waals surface area (Å²) in [5, 5.41) is 2.71. The Kier molecular flexibility index (Phi) is 3.55. The van der Waals surface area contributed by atoms with Crippen LogP contribution in [0, 0.1) is 0 Å². The minimum atomic E-state index is -0.529. The molecule has 0 atom stereocenters. The van der Waals surface area contributed by atoms with Gasteiger partial charge in [0, 0.05) is 11.3 Å². The highest BCUT2D eigenvalue weighted by Gasteiger charge is 2.21. The number of nitrogens with one attached hydrogen (secondary N) is 1. The molecule has 2 rings (SSSR count). The minimum Gasteiger partial charge on any atom is -0.491 e. The van der Waals surface area contributed by atoms with Crippen molar-refractivity contribution < 1.29 is 14.3 Å². The van der Waals surface area contributed by atoms with Crippen molar-refractivity contribution in [3.05, 3.63) is 17.7 Å².